The van der Waals surface area contributed by atoms with Crippen molar-refractivity contribution in [1.29, 1.82) is 0 Å². The van der Waals surface area contributed by atoms with Gasteiger partial charge in [0, 0.05) is 23.4 Å². The molecule has 0 fully saturated rings. The van der Waals surface area contributed by atoms with Gasteiger partial charge in [-0.2, -0.15) is 0 Å². The lowest BCUT2D eigenvalue weighted by atomic mass is 10.1. The minimum atomic E-state index is -0.495. The van der Waals surface area contributed by atoms with Gasteiger partial charge < -0.3 is 25.1 Å². The number of carbonyl (C=O) groups is 2. The first-order valence-corrected chi connectivity index (χ1v) is 8.43. The number of carbonyl (C=O) groups excluding carboxylic acids is 2. The second-order valence-electron chi connectivity index (χ2n) is 5.80. The summed E-state index contributed by atoms with van der Waals surface area (Å²) >= 11 is 0. The van der Waals surface area contributed by atoms with Gasteiger partial charge in [-0.3, -0.25) is 4.79 Å². The summed E-state index contributed by atoms with van der Waals surface area (Å²) in [6, 6.07) is 10.7. The minimum Gasteiger partial charge on any atom is -0.495 e. The van der Waals surface area contributed by atoms with Crippen LogP contribution < -0.4 is 20.7 Å². The molecule has 2 aromatic carbocycles. The van der Waals surface area contributed by atoms with E-state index in [2.05, 4.69) is 16.0 Å². The number of benzene rings is 2. The minimum absolute atomic E-state index is 0.0962. The SMILES string of the molecule is CCCNC(=O)CNC(=O)Nc1cc2oc3ccccc3c2cc1OC. The number of hydrogen-bond donors (Lipinski definition) is 3. The molecule has 1 aromatic heterocycles. The van der Waals surface area contributed by atoms with Crippen LogP contribution in [0.5, 0.6) is 5.75 Å². The molecule has 0 radical (unpaired) electrons. The van der Waals surface area contributed by atoms with Gasteiger partial charge >= 0.3 is 6.03 Å². The third-order valence-corrected chi connectivity index (χ3v) is 3.93. The second-order valence-corrected chi connectivity index (χ2v) is 5.80. The molecule has 3 N–H and O–H groups in total. The number of fused-ring (bicyclic) bond motifs is 3. The molecule has 0 atom stereocenters. The fourth-order valence-corrected chi connectivity index (χ4v) is 2.67. The highest BCUT2D eigenvalue weighted by atomic mass is 16.5. The first-order valence-electron chi connectivity index (χ1n) is 8.43. The van der Waals surface area contributed by atoms with Crippen molar-refractivity contribution < 1.29 is 18.7 Å². The molecule has 3 aromatic rings. The van der Waals surface area contributed by atoms with Gasteiger partial charge in [-0.25, -0.2) is 4.79 Å². The number of nitrogens with one attached hydrogen (secondary N) is 3. The van der Waals surface area contributed by atoms with Crippen LogP contribution in [-0.4, -0.2) is 32.1 Å². The molecule has 0 bridgehead atoms. The van der Waals surface area contributed by atoms with Crippen LogP contribution in [0.15, 0.2) is 40.8 Å². The van der Waals surface area contributed by atoms with E-state index in [9.17, 15) is 9.59 Å². The van der Waals surface area contributed by atoms with E-state index in [0.717, 1.165) is 22.8 Å². The van der Waals surface area contributed by atoms with Crippen LogP contribution in [0, 0.1) is 0 Å². The monoisotopic (exact) mass is 355 g/mol. The van der Waals surface area contributed by atoms with Crippen LogP contribution in [0.1, 0.15) is 13.3 Å². The largest absolute Gasteiger partial charge is 0.495 e. The standard InChI is InChI=1S/C19H21N3O4/c1-3-8-20-18(23)11-21-19(24)22-14-10-16-13(9-17(14)25-2)12-6-4-5-7-15(12)26-16/h4-7,9-10H,3,8,11H2,1-2H3,(H,20,23)(H2,21,22,24). The van der Waals surface area contributed by atoms with Gasteiger partial charge in [-0.1, -0.05) is 25.1 Å². The van der Waals surface area contributed by atoms with Gasteiger partial charge in [0.05, 0.1) is 19.3 Å². The average molecular weight is 355 g/mol. The molecule has 3 rings (SSSR count). The lowest BCUT2D eigenvalue weighted by molar-refractivity contribution is -0.120. The molecule has 0 saturated carbocycles. The molecule has 0 unspecified atom stereocenters. The topological polar surface area (TPSA) is 92.6 Å². The Morgan fingerprint density at radius 1 is 1.08 bits per heavy atom. The number of urea groups is 1. The Morgan fingerprint density at radius 3 is 2.65 bits per heavy atom. The Hall–Kier alpha value is -3.22. The first kappa shape index (κ1) is 17.6. The summed E-state index contributed by atoms with van der Waals surface area (Å²) in [4.78, 5) is 23.6. The molecule has 0 aliphatic rings. The summed E-state index contributed by atoms with van der Waals surface area (Å²) in [7, 11) is 1.53. The maximum Gasteiger partial charge on any atom is 0.319 e. The van der Waals surface area contributed by atoms with Crippen molar-refractivity contribution in [2.45, 2.75) is 13.3 Å². The number of amides is 3. The Kier molecular flexibility index (Phi) is 5.26. The van der Waals surface area contributed by atoms with E-state index < -0.39 is 6.03 Å². The number of rotatable bonds is 6. The molecule has 0 spiro atoms. The van der Waals surface area contributed by atoms with Gasteiger partial charge in [0.1, 0.15) is 16.9 Å². The summed E-state index contributed by atoms with van der Waals surface area (Å²) in [6.07, 6.45) is 0.840. The molecule has 3 amide bonds. The smallest absolute Gasteiger partial charge is 0.319 e. The molecule has 136 valence electrons. The molecule has 0 aliphatic carbocycles. The van der Waals surface area contributed by atoms with Gasteiger partial charge in [-0.05, 0) is 18.6 Å². The van der Waals surface area contributed by atoms with Gasteiger partial charge in [0.2, 0.25) is 5.91 Å². The number of methoxy groups -OCH3 is 1. The number of para-hydroxylation sites is 1. The average Bonchev–Trinajstić information content (AvgIpc) is 3.01. The number of hydrogen-bond acceptors (Lipinski definition) is 4. The maximum atomic E-state index is 12.1. The van der Waals surface area contributed by atoms with Gasteiger partial charge in [0.15, 0.2) is 0 Å². The first-order chi connectivity index (χ1) is 12.6. The predicted octanol–water partition coefficient (Wildman–Crippen LogP) is 3.24. The van der Waals surface area contributed by atoms with Crippen molar-refractivity contribution in [3.8, 4) is 5.75 Å². The number of ether oxygens (including phenoxy) is 1. The van der Waals surface area contributed by atoms with Gasteiger partial charge in [0.25, 0.3) is 0 Å². The summed E-state index contributed by atoms with van der Waals surface area (Å²) in [5, 5.41) is 9.79. The fraction of sp³-hybridized carbons (Fsp3) is 0.263. The van der Waals surface area contributed by atoms with Crippen LogP contribution in [0.2, 0.25) is 0 Å². The summed E-state index contributed by atoms with van der Waals surface area (Å²) in [5.74, 6) is 0.274. The van der Waals surface area contributed by atoms with Crippen molar-refractivity contribution in [3.63, 3.8) is 0 Å². The van der Waals surface area contributed by atoms with Crippen molar-refractivity contribution >= 4 is 39.6 Å². The van der Waals surface area contributed by atoms with E-state index in [1.807, 2.05) is 37.3 Å². The van der Waals surface area contributed by atoms with Crippen molar-refractivity contribution in [1.82, 2.24) is 10.6 Å². The van der Waals surface area contributed by atoms with Crippen molar-refractivity contribution in [3.05, 3.63) is 36.4 Å². The third-order valence-electron chi connectivity index (χ3n) is 3.93. The molecule has 1 heterocycles. The quantitative estimate of drug-likeness (QED) is 0.633. The zero-order valence-electron chi connectivity index (χ0n) is 14.7. The molecule has 26 heavy (non-hydrogen) atoms. The number of furan rings is 1. The van der Waals surface area contributed by atoms with Crippen LogP contribution in [0.25, 0.3) is 21.9 Å². The highest BCUT2D eigenvalue weighted by Gasteiger charge is 2.14. The Balaban J connectivity index is 1.77. The predicted molar refractivity (Wildman–Crippen MR) is 101 cm³/mol. The third kappa shape index (κ3) is 3.72. The van der Waals surface area contributed by atoms with E-state index in [1.54, 1.807) is 6.07 Å². The highest BCUT2D eigenvalue weighted by Crippen LogP contribution is 2.36. The van der Waals surface area contributed by atoms with Crippen LogP contribution >= 0.6 is 0 Å². The van der Waals surface area contributed by atoms with Crippen LogP contribution in [0.4, 0.5) is 10.5 Å². The second kappa shape index (κ2) is 7.77. The zero-order chi connectivity index (χ0) is 18.5. The normalized spacial score (nSPS) is 10.7. The summed E-state index contributed by atoms with van der Waals surface area (Å²) < 4.78 is 11.2. The molecule has 0 saturated heterocycles. The van der Waals surface area contributed by atoms with E-state index in [0.29, 0.717) is 23.6 Å². The Bertz CT molecular complexity index is 949. The lowest BCUT2D eigenvalue weighted by Gasteiger charge is -2.11. The Morgan fingerprint density at radius 2 is 1.88 bits per heavy atom. The lowest BCUT2D eigenvalue weighted by Crippen LogP contribution is -2.39. The summed E-state index contributed by atoms with van der Waals surface area (Å²) in [6.45, 7) is 2.45. The molecule has 7 heteroatoms. The summed E-state index contributed by atoms with van der Waals surface area (Å²) in [5.41, 5.74) is 1.87. The molecule has 7 nitrogen and oxygen atoms in total. The van der Waals surface area contributed by atoms with Crippen LogP contribution in [-0.2, 0) is 4.79 Å². The fourth-order valence-electron chi connectivity index (χ4n) is 2.67. The molecule has 0 aliphatic heterocycles. The maximum absolute atomic E-state index is 12.1. The Labute approximate surface area is 150 Å². The zero-order valence-corrected chi connectivity index (χ0v) is 14.7. The van der Waals surface area contributed by atoms with Gasteiger partial charge in [-0.15, -0.1) is 0 Å². The van der Waals surface area contributed by atoms with Crippen LogP contribution in [0.3, 0.4) is 0 Å². The van der Waals surface area contributed by atoms with E-state index >= 15 is 0 Å². The van der Waals surface area contributed by atoms with E-state index in [4.69, 9.17) is 9.15 Å². The molecular formula is C19H21N3O4. The van der Waals surface area contributed by atoms with E-state index in [1.165, 1.54) is 7.11 Å². The molecular weight excluding hydrogens is 334 g/mol. The van der Waals surface area contributed by atoms with Crippen molar-refractivity contribution in [2.75, 3.05) is 25.5 Å². The van der Waals surface area contributed by atoms with Crippen molar-refractivity contribution in [2.24, 2.45) is 0 Å². The van der Waals surface area contributed by atoms with E-state index in [-0.39, 0.29) is 12.5 Å². The highest BCUT2D eigenvalue weighted by molar-refractivity contribution is 6.07. The number of anilines is 1.